The van der Waals surface area contributed by atoms with Crippen molar-refractivity contribution in [3.8, 4) is 0 Å². The topological polar surface area (TPSA) is 123 Å². The Hall–Kier alpha value is -1.65. The molecule has 2 aliphatic heterocycles. The molecule has 0 aromatic rings. The molecule has 2 aliphatic rings. The van der Waals surface area contributed by atoms with Gasteiger partial charge in [0.05, 0.1) is 12.2 Å². The minimum Gasteiger partial charge on any atom is -0.458 e. The summed E-state index contributed by atoms with van der Waals surface area (Å²) in [6, 6.07) is -0.188. The van der Waals surface area contributed by atoms with Crippen molar-refractivity contribution in [3.05, 3.63) is 12.2 Å². The van der Waals surface area contributed by atoms with Crippen molar-refractivity contribution in [3.63, 3.8) is 0 Å². The standard InChI is InChI=1S/C28H47NO8/c1-10-22-28(7,34)12-11-21(30)15(2)13-16(3)25(18(5)23(31)19(6)26(33)36-22)37-27-24(32)20(29(8)9)14-17(4)35-27/h11-12,15-20,22,24-25,27,32,34H,10,13-14H2,1-9H3/b12-11-/t15-,16+,17-,18+,19-,20+,22-,24-,25+,27-,28+/m1/s1. The third-order valence-corrected chi connectivity index (χ3v) is 7.93. The number of rotatable bonds is 4. The average molecular weight is 526 g/mol. The van der Waals surface area contributed by atoms with Crippen molar-refractivity contribution >= 4 is 17.5 Å². The Morgan fingerprint density at radius 3 is 2.30 bits per heavy atom. The molecule has 0 aliphatic carbocycles. The van der Waals surface area contributed by atoms with Crippen LogP contribution in [-0.4, -0.2) is 89.1 Å². The molecular formula is C28H47NO8. The minimum absolute atomic E-state index is 0.168. The van der Waals surface area contributed by atoms with Crippen LogP contribution in [0.2, 0.25) is 0 Å². The Bertz CT molecular complexity index is 840. The van der Waals surface area contributed by atoms with E-state index in [9.17, 15) is 24.6 Å². The number of nitrogens with zero attached hydrogens (tertiary/aromatic N) is 1. The van der Waals surface area contributed by atoms with E-state index in [1.165, 1.54) is 26.0 Å². The number of carbonyl (C=O) groups excluding carboxylic acids is 3. The number of allylic oxidation sites excluding steroid dienone is 1. The summed E-state index contributed by atoms with van der Waals surface area (Å²) in [6.07, 6.45) is 0.318. The van der Waals surface area contributed by atoms with Gasteiger partial charge in [-0.05, 0) is 72.2 Å². The van der Waals surface area contributed by atoms with Crippen molar-refractivity contribution < 1.29 is 38.8 Å². The van der Waals surface area contributed by atoms with E-state index < -0.39 is 53.9 Å². The van der Waals surface area contributed by atoms with Gasteiger partial charge in [0.1, 0.15) is 23.7 Å². The third kappa shape index (κ3) is 7.69. The predicted molar refractivity (Wildman–Crippen MR) is 139 cm³/mol. The number of likely N-dealkylation sites (N-methyl/N-ethyl adjacent to an activating group) is 1. The molecule has 0 aromatic heterocycles. The maximum Gasteiger partial charge on any atom is 0.316 e. The molecule has 9 nitrogen and oxygen atoms in total. The molecule has 11 atom stereocenters. The van der Waals surface area contributed by atoms with E-state index in [2.05, 4.69) is 0 Å². The molecule has 0 amide bonds. The summed E-state index contributed by atoms with van der Waals surface area (Å²) in [5.74, 6) is -3.83. The van der Waals surface area contributed by atoms with Crippen molar-refractivity contribution in [1.29, 1.82) is 0 Å². The minimum atomic E-state index is -1.57. The summed E-state index contributed by atoms with van der Waals surface area (Å²) in [4.78, 5) is 41.3. The van der Waals surface area contributed by atoms with Gasteiger partial charge >= 0.3 is 5.97 Å². The second-order valence-electron chi connectivity index (χ2n) is 11.5. The van der Waals surface area contributed by atoms with Crippen LogP contribution < -0.4 is 0 Å². The van der Waals surface area contributed by atoms with Gasteiger partial charge in [0, 0.05) is 17.9 Å². The number of ketones is 2. The Balaban J connectivity index is 2.44. The van der Waals surface area contributed by atoms with E-state index in [0.29, 0.717) is 19.3 Å². The highest BCUT2D eigenvalue weighted by molar-refractivity contribution is 6.00. The molecule has 0 saturated carbocycles. The number of hydrogen-bond donors (Lipinski definition) is 2. The number of hydrogen-bond acceptors (Lipinski definition) is 9. The first-order valence-electron chi connectivity index (χ1n) is 13.5. The number of cyclic esters (lactones) is 1. The Labute approximate surface area is 221 Å². The van der Waals surface area contributed by atoms with Crippen molar-refractivity contribution in [2.75, 3.05) is 14.1 Å². The zero-order valence-electron chi connectivity index (χ0n) is 23.8. The predicted octanol–water partition coefficient (Wildman–Crippen LogP) is 2.51. The Kier molecular flexibility index (Phi) is 11.0. The third-order valence-electron chi connectivity index (χ3n) is 7.93. The number of carbonyl (C=O) groups is 3. The van der Waals surface area contributed by atoms with Gasteiger partial charge in [-0.1, -0.05) is 27.7 Å². The first-order chi connectivity index (χ1) is 17.1. The van der Waals surface area contributed by atoms with Gasteiger partial charge in [0.25, 0.3) is 0 Å². The number of ether oxygens (including phenoxy) is 3. The first kappa shape index (κ1) is 31.6. The van der Waals surface area contributed by atoms with Crippen LogP contribution in [0.25, 0.3) is 0 Å². The molecule has 1 saturated heterocycles. The lowest BCUT2D eigenvalue weighted by molar-refractivity contribution is -0.278. The largest absolute Gasteiger partial charge is 0.458 e. The van der Waals surface area contributed by atoms with Crippen molar-refractivity contribution in [2.24, 2.45) is 23.7 Å². The number of aliphatic hydroxyl groups excluding tert-OH is 1. The van der Waals surface area contributed by atoms with E-state index >= 15 is 0 Å². The molecule has 0 aromatic carbocycles. The maximum atomic E-state index is 13.5. The molecule has 2 heterocycles. The zero-order chi connectivity index (χ0) is 28.2. The lowest BCUT2D eigenvalue weighted by Crippen LogP contribution is -2.56. The summed E-state index contributed by atoms with van der Waals surface area (Å²) >= 11 is 0. The van der Waals surface area contributed by atoms with Crippen LogP contribution in [-0.2, 0) is 28.6 Å². The monoisotopic (exact) mass is 525 g/mol. The fourth-order valence-corrected chi connectivity index (χ4v) is 5.42. The van der Waals surface area contributed by atoms with Crippen molar-refractivity contribution in [1.82, 2.24) is 4.90 Å². The fraction of sp³-hybridized carbons (Fsp3) is 0.821. The van der Waals surface area contributed by atoms with Crippen LogP contribution in [0.15, 0.2) is 12.2 Å². The highest BCUT2D eigenvalue weighted by Crippen LogP contribution is 2.32. The van der Waals surface area contributed by atoms with Gasteiger partial charge in [-0.15, -0.1) is 0 Å². The van der Waals surface area contributed by atoms with E-state index in [0.717, 1.165) is 0 Å². The molecule has 2 rings (SSSR count). The zero-order valence-corrected chi connectivity index (χ0v) is 23.8. The van der Waals surface area contributed by atoms with Crippen molar-refractivity contribution in [2.45, 2.75) is 110 Å². The first-order valence-corrected chi connectivity index (χ1v) is 13.5. The molecule has 9 heteroatoms. The molecule has 0 radical (unpaired) electrons. The summed E-state index contributed by atoms with van der Waals surface area (Å²) in [6.45, 7) is 12.0. The van der Waals surface area contributed by atoms with Crippen LogP contribution in [0.5, 0.6) is 0 Å². The van der Waals surface area contributed by atoms with Gasteiger partial charge in [0.2, 0.25) is 0 Å². The summed E-state index contributed by atoms with van der Waals surface area (Å²) in [5.41, 5.74) is -1.57. The average Bonchev–Trinajstić information content (AvgIpc) is 2.83. The van der Waals surface area contributed by atoms with Crippen LogP contribution in [0, 0.1) is 23.7 Å². The smallest absolute Gasteiger partial charge is 0.316 e. The molecular weight excluding hydrogens is 478 g/mol. The molecule has 37 heavy (non-hydrogen) atoms. The SMILES string of the molecule is CC[C@H]1OC(=O)[C@H](C)C(=O)[C@H](C)[C@@H](O[C@H]2O[C@H](C)C[C@H](N(C)C)[C@H]2O)[C@@H](C)C[C@@H](C)C(=O)/C=C\[C@]1(C)O. The number of esters is 1. The van der Waals surface area contributed by atoms with Gasteiger partial charge in [-0.3, -0.25) is 14.4 Å². The number of aliphatic hydroxyl groups is 2. The molecule has 212 valence electrons. The van der Waals surface area contributed by atoms with Crippen LogP contribution in [0.4, 0.5) is 0 Å². The highest BCUT2D eigenvalue weighted by atomic mass is 16.7. The summed E-state index contributed by atoms with van der Waals surface area (Å²) in [7, 11) is 3.77. The summed E-state index contributed by atoms with van der Waals surface area (Å²) in [5, 5.41) is 21.9. The van der Waals surface area contributed by atoms with E-state index in [4.69, 9.17) is 14.2 Å². The Morgan fingerprint density at radius 2 is 1.73 bits per heavy atom. The van der Waals surface area contributed by atoms with Gasteiger partial charge < -0.3 is 29.3 Å². The second kappa shape index (κ2) is 12.9. The van der Waals surface area contributed by atoms with E-state index in [-0.39, 0.29) is 29.6 Å². The fourth-order valence-electron chi connectivity index (χ4n) is 5.42. The normalized spacial score (nSPS) is 43.8. The van der Waals surface area contributed by atoms with Gasteiger partial charge in [-0.2, -0.15) is 0 Å². The highest BCUT2D eigenvalue weighted by Gasteiger charge is 2.44. The van der Waals surface area contributed by atoms with Crippen LogP contribution in [0.1, 0.15) is 67.7 Å². The lowest BCUT2D eigenvalue weighted by atomic mass is 9.80. The van der Waals surface area contributed by atoms with Crippen LogP contribution in [0.3, 0.4) is 0 Å². The number of Topliss-reactive ketones (excluding diaryl/α,β-unsaturated/α-hetero) is 1. The van der Waals surface area contributed by atoms with E-state index in [1.54, 1.807) is 20.8 Å². The van der Waals surface area contributed by atoms with E-state index in [1.807, 2.05) is 32.8 Å². The maximum absolute atomic E-state index is 13.5. The Morgan fingerprint density at radius 1 is 1.11 bits per heavy atom. The molecule has 0 spiro atoms. The lowest BCUT2D eigenvalue weighted by Gasteiger charge is -2.43. The van der Waals surface area contributed by atoms with Crippen LogP contribution >= 0.6 is 0 Å². The molecule has 0 unspecified atom stereocenters. The molecule has 2 N–H and O–H groups in total. The molecule has 1 fully saturated rings. The van der Waals surface area contributed by atoms with Gasteiger partial charge in [-0.25, -0.2) is 0 Å². The van der Waals surface area contributed by atoms with Gasteiger partial charge in [0.15, 0.2) is 17.9 Å². The summed E-state index contributed by atoms with van der Waals surface area (Å²) < 4.78 is 17.9. The quantitative estimate of drug-likeness (QED) is 0.421. The second-order valence-corrected chi connectivity index (χ2v) is 11.5. The molecule has 0 bridgehead atoms.